The Morgan fingerprint density at radius 1 is 1.32 bits per heavy atom. The average Bonchev–Trinajstić information content (AvgIpc) is 3.11. The van der Waals surface area contributed by atoms with E-state index in [1.165, 1.54) is 0 Å². The first kappa shape index (κ1) is 13.6. The summed E-state index contributed by atoms with van der Waals surface area (Å²) in [5.74, 6) is 0.625. The smallest absolute Gasteiger partial charge is 0.310 e. The van der Waals surface area contributed by atoms with Crippen molar-refractivity contribution in [2.75, 3.05) is 11.9 Å². The van der Waals surface area contributed by atoms with E-state index in [-0.39, 0.29) is 41.7 Å². The summed E-state index contributed by atoms with van der Waals surface area (Å²) in [5, 5.41) is 2.94. The third-order valence-corrected chi connectivity index (χ3v) is 5.22. The summed E-state index contributed by atoms with van der Waals surface area (Å²) in [6, 6.07) is 7.32. The molecule has 116 valence electrons. The van der Waals surface area contributed by atoms with Gasteiger partial charge in [-0.3, -0.25) is 9.59 Å². The van der Waals surface area contributed by atoms with E-state index in [2.05, 4.69) is 5.32 Å². The first-order valence-corrected chi connectivity index (χ1v) is 7.91. The Bertz CT molecular complexity index is 610. The lowest BCUT2D eigenvalue weighted by Crippen LogP contribution is -2.35. The first-order valence-electron chi connectivity index (χ1n) is 7.91. The molecular weight excluding hydrogens is 282 g/mol. The van der Waals surface area contributed by atoms with E-state index in [0.29, 0.717) is 6.61 Å². The molecule has 3 aliphatic rings. The van der Waals surface area contributed by atoms with Gasteiger partial charge in [0.05, 0.1) is 18.4 Å². The molecule has 2 bridgehead atoms. The first-order chi connectivity index (χ1) is 10.7. The van der Waals surface area contributed by atoms with Gasteiger partial charge in [-0.15, -0.1) is 0 Å². The number of carbonyl (C=O) groups is 2. The maximum atomic E-state index is 12.6. The summed E-state index contributed by atoms with van der Waals surface area (Å²) in [7, 11) is 0. The van der Waals surface area contributed by atoms with Crippen LogP contribution in [0.25, 0.3) is 0 Å². The van der Waals surface area contributed by atoms with Gasteiger partial charge in [-0.05, 0) is 49.9 Å². The second kappa shape index (κ2) is 5.00. The van der Waals surface area contributed by atoms with Gasteiger partial charge >= 0.3 is 5.97 Å². The zero-order valence-corrected chi connectivity index (χ0v) is 12.5. The molecule has 1 N–H and O–H groups in total. The van der Waals surface area contributed by atoms with Crippen LogP contribution >= 0.6 is 0 Å². The molecule has 1 aromatic carbocycles. The lowest BCUT2D eigenvalue weighted by molar-refractivity contribution is -0.145. The van der Waals surface area contributed by atoms with Gasteiger partial charge in [-0.2, -0.15) is 0 Å². The van der Waals surface area contributed by atoms with E-state index in [9.17, 15) is 9.59 Å². The monoisotopic (exact) mass is 301 g/mol. The van der Waals surface area contributed by atoms with Crippen molar-refractivity contribution in [2.45, 2.75) is 25.9 Å². The van der Waals surface area contributed by atoms with Crippen LogP contribution in [0.3, 0.4) is 0 Å². The van der Waals surface area contributed by atoms with E-state index in [1.807, 2.05) is 31.2 Å². The highest BCUT2D eigenvalue weighted by molar-refractivity contribution is 5.97. The summed E-state index contributed by atoms with van der Waals surface area (Å²) < 4.78 is 10.8. The zero-order chi connectivity index (χ0) is 15.3. The quantitative estimate of drug-likeness (QED) is 0.866. The lowest BCUT2D eigenvalue weighted by Gasteiger charge is -2.23. The van der Waals surface area contributed by atoms with E-state index in [1.54, 1.807) is 0 Å². The van der Waals surface area contributed by atoms with Crippen LogP contribution in [0.15, 0.2) is 24.3 Å². The summed E-state index contributed by atoms with van der Waals surface area (Å²) in [4.78, 5) is 24.6. The fourth-order valence-corrected chi connectivity index (χ4v) is 4.39. The van der Waals surface area contributed by atoms with E-state index >= 15 is 0 Å². The minimum atomic E-state index is -0.234. The van der Waals surface area contributed by atoms with Gasteiger partial charge in [-0.25, -0.2) is 0 Å². The van der Waals surface area contributed by atoms with Crippen molar-refractivity contribution in [2.24, 2.45) is 23.7 Å². The van der Waals surface area contributed by atoms with Gasteiger partial charge in [0.15, 0.2) is 0 Å². The Kier molecular flexibility index (Phi) is 3.10. The maximum Gasteiger partial charge on any atom is 0.310 e. The molecule has 4 rings (SSSR count). The molecule has 1 aliphatic heterocycles. The fourth-order valence-electron chi connectivity index (χ4n) is 4.39. The number of nitrogens with one attached hydrogen (secondary N) is 1. The third-order valence-electron chi connectivity index (χ3n) is 5.22. The van der Waals surface area contributed by atoms with Crippen LogP contribution in [0.4, 0.5) is 5.69 Å². The van der Waals surface area contributed by atoms with Crippen LogP contribution in [0.2, 0.25) is 0 Å². The Labute approximate surface area is 129 Å². The Hall–Kier alpha value is -2.04. The molecule has 2 saturated carbocycles. The van der Waals surface area contributed by atoms with Gasteiger partial charge in [0.2, 0.25) is 5.91 Å². The fraction of sp³-hybridized carbons (Fsp3) is 0.529. The molecule has 1 heterocycles. The third kappa shape index (κ3) is 1.99. The molecule has 0 unspecified atom stereocenters. The molecule has 3 fully saturated rings. The molecule has 5 heteroatoms. The van der Waals surface area contributed by atoms with Crippen LogP contribution in [0.5, 0.6) is 5.75 Å². The number of hydrogen-bond donors (Lipinski definition) is 1. The van der Waals surface area contributed by atoms with Crippen LogP contribution in [0, 0.1) is 23.7 Å². The molecule has 22 heavy (non-hydrogen) atoms. The normalized spacial score (nSPS) is 34.6. The highest BCUT2D eigenvalue weighted by Gasteiger charge is 2.63. The van der Waals surface area contributed by atoms with E-state index < -0.39 is 0 Å². The molecule has 1 aromatic rings. The van der Waals surface area contributed by atoms with Crippen molar-refractivity contribution in [1.29, 1.82) is 0 Å². The SMILES string of the molecule is CCOc1ccc(NC(=O)[C@@H]2[C@@H]3C[C@@H]4[C@@H]2C(=O)O[C@@H]4C3)cc1. The Balaban J connectivity index is 1.47. The van der Waals surface area contributed by atoms with Crippen molar-refractivity contribution >= 4 is 17.6 Å². The van der Waals surface area contributed by atoms with Gasteiger partial charge in [0, 0.05) is 11.6 Å². The number of esters is 1. The second-order valence-electron chi connectivity index (χ2n) is 6.37. The minimum Gasteiger partial charge on any atom is -0.494 e. The number of rotatable bonds is 4. The Morgan fingerprint density at radius 3 is 2.82 bits per heavy atom. The molecule has 5 nitrogen and oxygen atoms in total. The number of anilines is 1. The predicted molar refractivity (Wildman–Crippen MR) is 79.3 cm³/mol. The topological polar surface area (TPSA) is 64.6 Å². The minimum absolute atomic E-state index is 0.0565. The van der Waals surface area contributed by atoms with Gasteiger partial charge in [0.25, 0.3) is 0 Å². The number of amides is 1. The van der Waals surface area contributed by atoms with Crippen LogP contribution < -0.4 is 10.1 Å². The molecule has 1 saturated heterocycles. The molecule has 0 spiro atoms. The van der Waals surface area contributed by atoms with Crippen molar-refractivity contribution in [3.05, 3.63) is 24.3 Å². The average molecular weight is 301 g/mol. The Morgan fingerprint density at radius 2 is 2.09 bits per heavy atom. The summed E-state index contributed by atoms with van der Waals surface area (Å²) in [5.41, 5.74) is 0.735. The van der Waals surface area contributed by atoms with E-state index in [0.717, 1.165) is 24.3 Å². The highest BCUT2D eigenvalue weighted by atomic mass is 16.6. The molecule has 2 aliphatic carbocycles. The van der Waals surface area contributed by atoms with Crippen molar-refractivity contribution < 1.29 is 19.1 Å². The van der Waals surface area contributed by atoms with Crippen molar-refractivity contribution in [3.63, 3.8) is 0 Å². The molecule has 0 radical (unpaired) electrons. The molecular formula is C17H19NO4. The summed E-state index contributed by atoms with van der Waals surface area (Å²) in [6.45, 7) is 2.54. The molecule has 1 amide bonds. The number of carbonyl (C=O) groups excluding carboxylic acids is 2. The summed E-state index contributed by atoms with van der Waals surface area (Å²) >= 11 is 0. The largest absolute Gasteiger partial charge is 0.494 e. The standard InChI is InChI=1S/C17H19NO4/c1-2-21-11-5-3-10(4-6-11)18-16(19)14-9-7-12-13(8-9)22-17(20)15(12)14/h3-6,9,12-15H,2,7-8H2,1H3,(H,18,19)/t9-,12+,13-,14-,15+/m1/s1. The van der Waals surface area contributed by atoms with E-state index in [4.69, 9.17) is 9.47 Å². The number of fused-ring (bicyclic) bond motifs is 1. The molecule has 0 aromatic heterocycles. The predicted octanol–water partition coefficient (Wildman–Crippen LogP) is 2.22. The van der Waals surface area contributed by atoms with Gasteiger partial charge in [0.1, 0.15) is 11.9 Å². The van der Waals surface area contributed by atoms with Crippen LogP contribution in [-0.2, 0) is 14.3 Å². The maximum absolute atomic E-state index is 12.6. The number of ether oxygens (including phenoxy) is 2. The van der Waals surface area contributed by atoms with Gasteiger partial charge in [-0.1, -0.05) is 0 Å². The highest BCUT2D eigenvalue weighted by Crippen LogP contribution is 2.57. The molecule has 5 atom stereocenters. The second-order valence-corrected chi connectivity index (χ2v) is 6.37. The number of hydrogen-bond acceptors (Lipinski definition) is 4. The van der Waals surface area contributed by atoms with Crippen molar-refractivity contribution in [1.82, 2.24) is 0 Å². The summed E-state index contributed by atoms with van der Waals surface area (Å²) in [6.07, 6.45) is 1.86. The lowest BCUT2D eigenvalue weighted by atomic mass is 9.79. The van der Waals surface area contributed by atoms with Crippen molar-refractivity contribution in [3.8, 4) is 5.75 Å². The van der Waals surface area contributed by atoms with Gasteiger partial charge < -0.3 is 14.8 Å². The van der Waals surface area contributed by atoms with Crippen LogP contribution in [-0.4, -0.2) is 24.6 Å². The number of benzene rings is 1. The van der Waals surface area contributed by atoms with Crippen LogP contribution in [0.1, 0.15) is 19.8 Å². The zero-order valence-electron chi connectivity index (χ0n) is 12.5.